The Morgan fingerprint density at radius 1 is 0.568 bits per heavy atom. The van der Waals surface area contributed by atoms with Crippen molar-refractivity contribution < 1.29 is 46.8 Å². The van der Waals surface area contributed by atoms with E-state index in [1.165, 1.54) is 31.1 Å². The van der Waals surface area contributed by atoms with Crippen LogP contribution in [0, 0.1) is 11.6 Å². The number of ether oxygens (including phenoxy) is 5. The number of halogens is 5. The Balaban J connectivity index is 0.000000179. The summed E-state index contributed by atoms with van der Waals surface area (Å²) in [6.07, 6.45) is 9.94. The predicted molar refractivity (Wildman–Crippen MR) is 298 cm³/mol. The van der Waals surface area contributed by atoms with Crippen LogP contribution in [0.3, 0.4) is 0 Å². The highest BCUT2D eigenvalue weighted by Gasteiger charge is 2.24. The van der Waals surface area contributed by atoms with E-state index in [0.29, 0.717) is 75.9 Å². The average molecular weight is 1170 g/mol. The van der Waals surface area contributed by atoms with E-state index in [1.54, 1.807) is 100 Å². The molecule has 0 radical (unpaired) electrons. The number of carbonyl (C=O) groups is 3. The Bertz CT molecular complexity index is 3280. The zero-order chi connectivity index (χ0) is 58.1. The van der Waals surface area contributed by atoms with Crippen molar-refractivity contribution in [1.29, 1.82) is 0 Å². The maximum Gasteiger partial charge on any atom is 0.318 e. The number of benzene rings is 3. The van der Waals surface area contributed by atoms with Gasteiger partial charge in [0.1, 0.15) is 87.4 Å². The largest absolute Gasteiger partial charge is 0.497 e. The number of nitrogens with zero attached hydrogens (tertiary/aromatic N) is 11. The van der Waals surface area contributed by atoms with E-state index >= 15 is 0 Å². The third-order valence-electron chi connectivity index (χ3n) is 11.4. The number of carbonyl (C=O) groups excluding carboxylic acids is 3. The van der Waals surface area contributed by atoms with Gasteiger partial charge in [0.15, 0.2) is 23.3 Å². The maximum atomic E-state index is 13.2. The number of nitrogens with one attached hydrogen (secondary N) is 1. The summed E-state index contributed by atoms with van der Waals surface area (Å²) >= 11 is 16.5. The monoisotopic (exact) mass is 1170 g/mol. The van der Waals surface area contributed by atoms with E-state index in [1.807, 2.05) is 0 Å². The topological polar surface area (TPSA) is 294 Å². The molecule has 2 fully saturated rings. The van der Waals surface area contributed by atoms with Crippen LogP contribution in [0.5, 0.6) is 29.3 Å². The smallest absolute Gasteiger partial charge is 0.318 e. The van der Waals surface area contributed by atoms with Gasteiger partial charge in [0.25, 0.3) is 0 Å². The lowest BCUT2D eigenvalue weighted by Gasteiger charge is -2.32. The van der Waals surface area contributed by atoms with Gasteiger partial charge >= 0.3 is 12.0 Å². The Kier molecular flexibility index (Phi) is 24.0. The van der Waals surface area contributed by atoms with Crippen LogP contribution in [-0.4, -0.2) is 127 Å². The van der Waals surface area contributed by atoms with Gasteiger partial charge in [-0.3, -0.25) is 14.4 Å². The zero-order valence-corrected chi connectivity index (χ0v) is 45.9. The van der Waals surface area contributed by atoms with Gasteiger partial charge in [-0.2, -0.15) is 9.97 Å². The standard InChI is InChI=1S/C21H21FN6O3.C12H9ClN2O2.C9H13FN4O.C8H8O2.C4H2Cl2N2/c1-30-14-4-2-13(3-5-14)19(29)17-10-18(26-12-25-17)28-8-6-15(7-9-28)31-21-24-11-16(22)20(23)27-21;1-17-9-4-2-8(3-5-9)12(16)10-6-11(13)15-7-14-10;10-7-5-13-9(14-8(7)11)15-6-1-3-12-4-2-6;1-10-8-4-2-7(6-9)3-5-8;5-3-1-4(6)8-2-7-3/h2-5,10-12,15H,6-9H2,1H3,(H2,23,24,27);2-7H,1H3;5-6,12H,1-4H2,(H2,11,13,14);2-6H,1H3;1-2H. The average Bonchev–Trinajstić information content (AvgIpc) is 3.50. The first kappa shape index (κ1) is 61.4. The molecule has 22 nitrogen and oxygen atoms in total. The summed E-state index contributed by atoms with van der Waals surface area (Å²) in [6.45, 7) is 3.16. The molecule has 0 amide bonds. The van der Waals surface area contributed by atoms with E-state index in [2.05, 4.69) is 60.1 Å². The number of hydrogen-bond acceptors (Lipinski definition) is 22. The van der Waals surface area contributed by atoms with Crippen LogP contribution in [0.2, 0.25) is 15.5 Å². The van der Waals surface area contributed by atoms with Crippen LogP contribution in [0.4, 0.5) is 26.2 Å². The molecule has 3 aromatic carbocycles. The van der Waals surface area contributed by atoms with E-state index in [0.717, 1.165) is 50.4 Å². The van der Waals surface area contributed by atoms with Crippen LogP contribution < -0.4 is 45.4 Å². The van der Waals surface area contributed by atoms with E-state index in [-0.39, 0.29) is 58.3 Å². The number of aldehydes is 1. The van der Waals surface area contributed by atoms with Crippen molar-refractivity contribution >= 4 is 70.1 Å². The van der Waals surface area contributed by atoms with Gasteiger partial charge in [0.05, 0.1) is 33.7 Å². The second-order valence-electron chi connectivity index (χ2n) is 16.8. The molecule has 2 aliphatic heterocycles. The summed E-state index contributed by atoms with van der Waals surface area (Å²) in [5.41, 5.74) is 13.1. The summed E-state index contributed by atoms with van der Waals surface area (Å²) in [6, 6.07) is 25.4. The second-order valence-corrected chi connectivity index (χ2v) is 18.0. The van der Waals surface area contributed by atoms with Crippen LogP contribution in [0.1, 0.15) is 68.1 Å². The molecule has 27 heteroatoms. The van der Waals surface area contributed by atoms with Crippen molar-refractivity contribution in [2.45, 2.75) is 37.9 Å². The molecule has 0 atom stereocenters. The Hall–Kier alpha value is -8.84. The van der Waals surface area contributed by atoms with Gasteiger partial charge in [-0.15, -0.1) is 0 Å². The second kappa shape index (κ2) is 31.7. The van der Waals surface area contributed by atoms with Gasteiger partial charge in [0.2, 0.25) is 11.6 Å². The molecular weight excluding hydrogens is 1120 g/mol. The fourth-order valence-electron chi connectivity index (χ4n) is 7.13. The van der Waals surface area contributed by atoms with Gasteiger partial charge in [0, 0.05) is 60.8 Å². The highest BCUT2D eigenvalue weighted by Crippen LogP contribution is 2.24. The fraction of sp³-hybridized carbons (Fsp3) is 0.241. The lowest BCUT2D eigenvalue weighted by atomic mass is 10.1. The molecule has 0 spiro atoms. The first-order valence-electron chi connectivity index (χ1n) is 24.4. The van der Waals surface area contributed by atoms with Crippen molar-refractivity contribution in [2.24, 2.45) is 0 Å². The molecule has 0 bridgehead atoms. The van der Waals surface area contributed by atoms with Crippen LogP contribution >= 0.6 is 34.8 Å². The molecule has 81 heavy (non-hydrogen) atoms. The van der Waals surface area contributed by atoms with Gasteiger partial charge in [-0.25, -0.2) is 48.7 Å². The van der Waals surface area contributed by atoms with Crippen LogP contribution in [-0.2, 0) is 0 Å². The number of aromatic nitrogens is 10. The van der Waals surface area contributed by atoms with Crippen molar-refractivity contribution in [3.63, 3.8) is 0 Å². The molecule has 0 unspecified atom stereocenters. The van der Waals surface area contributed by atoms with E-state index < -0.39 is 11.6 Å². The minimum atomic E-state index is -0.675. The molecule has 0 aliphatic carbocycles. The first-order chi connectivity index (χ1) is 39.1. The molecule has 8 aromatic rings. The molecule has 2 saturated heterocycles. The van der Waals surface area contributed by atoms with Crippen molar-refractivity contribution in [3.8, 4) is 29.3 Å². The SMILES string of the molecule is COc1ccc(C(=O)c2cc(Cl)ncn2)cc1.COc1ccc(C(=O)c2cc(N3CCC(Oc4ncc(F)c(N)n4)CC3)ncn2)cc1.COc1ccc(C=O)cc1.Clc1cc(Cl)ncn1.Nc1nc(OC2CCNCC2)ncc1F. The molecular formula is C54H53Cl3F2N14O8. The quantitative estimate of drug-likeness (QED) is 0.0556. The summed E-state index contributed by atoms with van der Waals surface area (Å²) in [5, 5.41) is 4.19. The molecule has 422 valence electrons. The third-order valence-corrected chi connectivity index (χ3v) is 12.0. The number of methoxy groups -OCH3 is 3. The number of anilines is 3. The number of nitrogens with two attached hydrogens (primary N) is 2. The number of rotatable bonds is 13. The van der Waals surface area contributed by atoms with E-state index in [4.69, 9.17) is 70.0 Å². The lowest BCUT2D eigenvalue weighted by Crippen LogP contribution is -2.39. The summed E-state index contributed by atoms with van der Waals surface area (Å²) in [7, 11) is 4.74. The first-order valence-corrected chi connectivity index (χ1v) is 25.5. The molecule has 10 rings (SSSR count). The lowest BCUT2D eigenvalue weighted by molar-refractivity contribution is 0.102. The van der Waals surface area contributed by atoms with Crippen molar-refractivity contribution in [2.75, 3.05) is 63.9 Å². The molecule has 7 heterocycles. The van der Waals surface area contributed by atoms with Gasteiger partial charge in [-0.1, -0.05) is 34.8 Å². The van der Waals surface area contributed by atoms with E-state index in [9.17, 15) is 23.2 Å². The minimum absolute atomic E-state index is 0.0618. The molecule has 0 saturated carbocycles. The third kappa shape index (κ3) is 19.8. The highest BCUT2D eigenvalue weighted by molar-refractivity contribution is 6.33. The molecule has 2 aliphatic rings. The maximum absolute atomic E-state index is 13.2. The van der Waals surface area contributed by atoms with Crippen LogP contribution in [0.15, 0.2) is 122 Å². The van der Waals surface area contributed by atoms with Crippen molar-refractivity contribution in [3.05, 3.63) is 178 Å². The summed E-state index contributed by atoms with van der Waals surface area (Å²) in [5.74, 6) is 0.733. The molecule has 5 N–H and O–H groups in total. The number of hydrogen-bond donors (Lipinski definition) is 3. The Morgan fingerprint density at radius 3 is 1.38 bits per heavy atom. The van der Waals surface area contributed by atoms with Gasteiger partial charge < -0.3 is 45.4 Å². The number of nitrogen functional groups attached to an aromatic ring is 2. The molecule has 5 aromatic heterocycles. The Labute approximate surface area is 478 Å². The van der Waals surface area contributed by atoms with Crippen LogP contribution in [0.25, 0.3) is 0 Å². The zero-order valence-electron chi connectivity index (χ0n) is 43.7. The minimum Gasteiger partial charge on any atom is -0.497 e. The Morgan fingerprint density at radius 2 is 0.975 bits per heavy atom. The van der Waals surface area contributed by atoms with Gasteiger partial charge in [-0.05, 0) is 98.7 Å². The normalized spacial score (nSPS) is 12.9. The highest BCUT2D eigenvalue weighted by atomic mass is 35.5. The summed E-state index contributed by atoms with van der Waals surface area (Å²) < 4.78 is 52.2. The predicted octanol–water partition coefficient (Wildman–Crippen LogP) is 8.26. The fourth-order valence-corrected chi connectivity index (χ4v) is 7.63. The number of ketones is 2. The number of piperidine rings is 2. The van der Waals surface area contributed by atoms with Crippen molar-refractivity contribution in [1.82, 2.24) is 55.2 Å². The summed E-state index contributed by atoms with van der Waals surface area (Å²) in [4.78, 5) is 75.3.